The van der Waals surface area contributed by atoms with Crippen molar-refractivity contribution in [1.29, 1.82) is 0 Å². The molecule has 0 aliphatic carbocycles. The summed E-state index contributed by atoms with van der Waals surface area (Å²) in [5.41, 5.74) is 0. The SMILES string of the molecule is CC(c1cc(Br)cs1)N1CCC(CC(=O)O)C1. The van der Waals surface area contributed by atoms with Crippen LogP contribution >= 0.6 is 27.3 Å². The van der Waals surface area contributed by atoms with Gasteiger partial charge in [0, 0.05) is 33.7 Å². The number of rotatable bonds is 4. The fourth-order valence-corrected chi connectivity index (χ4v) is 3.89. The summed E-state index contributed by atoms with van der Waals surface area (Å²) in [7, 11) is 0. The zero-order valence-corrected chi connectivity index (χ0v) is 12.1. The quantitative estimate of drug-likeness (QED) is 0.925. The van der Waals surface area contributed by atoms with Gasteiger partial charge >= 0.3 is 5.97 Å². The van der Waals surface area contributed by atoms with Crippen LogP contribution in [0.1, 0.15) is 30.7 Å². The average Bonchev–Trinajstić information content (AvgIpc) is 2.85. The van der Waals surface area contributed by atoms with E-state index in [1.54, 1.807) is 11.3 Å². The number of thiophene rings is 1. The number of nitrogens with zero attached hydrogens (tertiary/aromatic N) is 1. The molecule has 1 fully saturated rings. The molecule has 2 rings (SSSR count). The normalized spacial score (nSPS) is 22.8. The maximum absolute atomic E-state index is 10.7. The number of hydrogen-bond acceptors (Lipinski definition) is 3. The van der Waals surface area contributed by atoms with Crippen LogP contribution in [-0.2, 0) is 4.79 Å². The number of likely N-dealkylation sites (tertiary alicyclic amines) is 1. The third kappa shape index (κ3) is 3.30. The van der Waals surface area contributed by atoms with Gasteiger partial charge in [0.1, 0.15) is 0 Å². The van der Waals surface area contributed by atoms with E-state index in [4.69, 9.17) is 5.11 Å². The lowest BCUT2D eigenvalue weighted by Gasteiger charge is -2.23. The molecule has 1 N–H and O–H groups in total. The lowest BCUT2D eigenvalue weighted by Crippen LogP contribution is -2.24. The lowest BCUT2D eigenvalue weighted by atomic mass is 10.1. The Labute approximate surface area is 114 Å². The highest BCUT2D eigenvalue weighted by atomic mass is 79.9. The number of halogens is 1. The van der Waals surface area contributed by atoms with Gasteiger partial charge < -0.3 is 5.11 Å². The molecule has 0 amide bonds. The molecule has 94 valence electrons. The monoisotopic (exact) mass is 317 g/mol. The topological polar surface area (TPSA) is 40.5 Å². The Balaban J connectivity index is 1.94. The molecule has 1 aliphatic heterocycles. The van der Waals surface area contributed by atoms with Crippen LogP contribution in [0.2, 0.25) is 0 Å². The van der Waals surface area contributed by atoms with Gasteiger partial charge in [-0.15, -0.1) is 11.3 Å². The Kier molecular flexibility index (Phi) is 4.22. The second-order valence-corrected chi connectivity index (χ2v) is 6.45. The summed E-state index contributed by atoms with van der Waals surface area (Å²) in [6.45, 7) is 4.11. The number of carbonyl (C=O) groups is 1. The minimum Gasteiger partial charge on any atom is -0.481 e. The highest BCUT2D eigenvalue weighted by molar-refractivity contribution is 9.10. The van der Waals surface area contributed by atoms with E-state index in [1.165, 1.54) is 4.88 Å². The highest BCUT2D eigenvalue weighted by Crippen LogP contribution is 2.33. The van der Waals surface area contributed by atoms with Crippen molar-refractivity contribution >= 4 is 33.2 Å². The third-order valence-corrected chi connectivity index (χ3v) is 5.19. The second-order valence-electron chi connectivity index (χ2n) is 4.59. The molecular formula is C12H16BrNO2S. The zero-order chi connectivity index (χ0) is 12.4. The standard InChI is InChI=1S/C12H16BrNO2S/c1-8(11-5-10(13)7-17-11)14-3-2-9(6-14)4-12(15)16/h5,7-9H,2-4,6H2,1H3,(H,15,16). The largest absolute Gasteiger partial charge is 0.481 e. The number of aliphatic carboxylic acids is 1. The van der Waals surface area contributed by atoms with Crippen molar-refractivity contribution in [2.45, 2.75) is 25.8 Å². The number of carboxylic acid groups (broad SMARTS) is 1. The Hall–Kier alpha value is -0.390. The Morgan fingerprint density at radius 1 is 1.76 bits per heavy atom. The van der Waals surface area contributed by atoms with E-state index < -0.39 is 5.97 Å². The fraction of sp³-hybridized carbons (Fsp3) is 0.583. The van der Waals surface area contributed by atoms with E-state index in [0.29, 0.717) is 18.4 Å². The molecule has 0 bridgehead atoms. The molecule has 5 heteroatoms. The molecule has 1 aromatic rings. The summed E-state index contributed by atoms with van der Waals surface area (Å²) >= 11 is 5.22. The van der Waals surface area contributed by atoms with Gasteiger partial charge in [0.05, 0.1) is 0 Å². The first-order chi connectivity index (χ1) is 8.06. The van der Waals surface area contributed by atoms with Gasteiger partial charge in [-0.3, -0.25) is 9.69 Å². The van der Waals surface area contributed by atoms with Gasteiger partial charge in [0.2, 0.25) is 0 Å². The fourth-order valence-electron chi connectivity index (χ4n) is 2.36. The second kappa shape index (κ2) is 5.50. The highest BCUT2D eigenvalue weighted by Gasteiger charge is 2.28. The summed E-state index contributed by atoms with van der Waals surface area (Å²) < 4.78 is 1.13. The van der Waals surface area contributed by atoms with Gasteiger partial charge in [0.25, 0.3) is 0 Å². The molecule has 17 heavy (non-hydrogen) atoms. The van der Waals surface area contributed by atoms with E-state index in [2.05, 4.69) is 39.2 Å². The predicted octanol–water partition coefficient (Wildman–Crippen LogP) is 3.37. The molecule has 0 spiro atoms. The van der Waals surface area contributed by atoms with Crippen molar-refractivity contribution in [3.8, 4) is 0 Å². The van der Waals surface area contributed by atoms with Crippen LogP contribution in [-0.4, -0.2) is 29.1 Å². The van der Waals surface area contributed by atoms with Crippen LogP contribution in [0.3, 0.4) is 0 Å². The van der Waals surface area contributed by atoms with Crippen molar-refractivity contribution in [2.75, 3.05) is 13.1 Å². The minimum atomic E-state index is -0.677. The van der Waals surface area contributed by atoms with E-state index in [9.17, 15) is 4.79 Å². The molecule has 0 saturated carbocycles. The van der Waals surface area contributed by atoms with E-state index in [0.717, 1.165) is 24.0 Å². The Morgan fingerprint density at radius 3 is 3.12 bits per heavy atom. The van der Waals surface area contributed by atoms with Crippen molar-refractivity contribution < 1.29 is 9.90 Å². The van der Waals surface area contributed by atoms with Gasteiger partial charge in [-0.2, -0.15) is 0 Å². The van der Waals surface area contributed by atoms with Crippen LogP contribution in [0.15, 0.2) is 15.9 Å². The molecule has 1 aromatic heterocycles. The van der Waals surface area contributed by atoms with Gasteiger partial charge in [-0.05, 0) is 47.8 Å². The third-order valence-electron chi connectivity index (χ3n) is 3.33. The van der Waals surface area contributed by atoms with Crippen molar-refractivity contribution in [1.82, 2.24) is 4.90 Å². The first-order valence-electron chi connectivity index (χ1n) is 5.76. The lowest BCUT2D eigenvalue weighted by molar-refractivity contribution is -0.138. The van der Waals surface area contributed by atoms with Crippen LogP contribution in [0.4, 0.5) is 0 Å². The van der Waals surface area contributed by atoms with Crippen LogP contribution in [0, 0.1) is 5.92 Å². The summed E-state index contributed by atoms with van der Waals surface area (Å²) in [6.07, 6.45) is 1.31. The Bertz CT molecular complexity index is 407. The average molecular weight is 318 g/mol. The van der Waals surface area contributed by atoms with Gasteiger partial charge in [0.15, 0.2) is 0 Å². The van der Waals surface area contributed by atoms with Crippen molar-refractivity contribution in [3.63, 3.8) is 0 Å². The molecule has 1 aliphatic rings. The molecule has 2 heterocycles. The zero-order valence-electron chi connectivity index (χ0n) is 9.73. The predicted molar refractivity (Wildman–Crippen MR) is 72.4 cm³/mol. The van der Waals surface area contributed by atoms with Gasteiger partial charge in [-0.1, -0.05) is 0 Å². The van der Waals surface area contributed by atoms with Crippen molar-refractivity contribution in [3.05, 3.63) is 20.8 Å². The van der Waals surface area contributed by atoms with Crippen molar-refractivity contribution in [2.24, 2.45) is 5.92 Å². The summed E-state index contributed by atoms with van der Waals surface area (Å²) in [4.78, 5) is 14.4. The number of hydrogen-bond donors (Lipinski definition) is 1. The van der Waals surface area contributed by atoms with E-state index >= 15 is 0 Å². The Morgan fingerprint density at radius 2 is 2.53 bits per heavy atom. The van der Waals surface area contributed by atoms with Crippen LogP contribution in [0.5, 0.6) is 0 Å². The maximum Gasteiger partial charge on any atom is 0.303 e. The molecule has 0 aromatic carbocycles. The summed E-state index contributed by atoms with van der Waals surface area (Å²) in [5.74, 6) is -0.360. The molecule has 2 unspecified atom stereocenters. The minimum absolute atomic E-state index is 0.303. The van der Waals surface area contributed by atoms with Gasteiger partial charge in [-0.25, -0.2) is 0 Å². The van der Waals surface area contributed by atoms with Crippen LogP contribution in [0.25, 0.3) is 0 Å². The molecule has 0 radical (unpaired) electrons. The maximum atomic E-state index is 10.7. The van der Waals surface area contributed by atoms with E-state index in [-0.39, 0.29) is 0 Å². The molecule has 2 atom stereocenters. The smallest absolute Gasteiger partial charge is 0.303 e. The van der Waals surface area contributed by atoms with E-state index in [1.807, 2.05) is 0 Å². The molecular weight excluding hydrogens is 302 g/mol. The molecule has 1 saturated heterocycles. The summed E-state index contributed by atoms with van der Waals surface area (Å²) in [5, 5.41) is 10.9. The first kappa shape index (κ1) is 13.1. The first-order valence-corrected chi connectivity index (χ1v) is 7.43. The number of carboxylic acids is 1. The summed E-state index contributed by atoms with van der Waals surface area (Å²) in [6, 6.07) is 2.55. The molecule has 3 nitrogen and oxygen atoms in total. The van der Waals surface area contributed by atoms with Crippen LogP contribution < -0.4 is 0 Å².